The van der Waals surface area contributed by atoms with Crippen LogP contribution >= 0.6 is 11.8 Å². The van der Waals surface area contributed by atoms with E-state index in [2.05, 4.69) is 10.3 Å². The van der Waals surface area contributed by atoms with Crippen LogP contribution in [0.4, 0.5) is 5.69 Å². The molecule has 1 aromatic heterocycles. The van der Waals surface area contributed by atoms with E-state index in [0.717, 1.165) is 38.8 Å². The molecule has 1 atom stereocenters. The number of fused-ring (bicyclic) bond motifs is 1. The molecule has 0 unspecified atom stereocenters. The van der Waals surface area contributed by atoms with Crippen LogP contribution in [-0.2, 0) is 16.0 Å². The zero-order chi connectivity index (χ0) is 24.8. The van der Waals surface area contributed by atoms with Crippen molar-refractivity contribution >= 4 is 29.3 Å². The summed E-state index contributed by atoms with van der Waals surface area (Å²) >= 11 is 1.56. The second kappa shape index (κ2) is 11.3. The van der Waals surface area contributed by atoms with E-state index in [9.17, 15) is 9.59 Å². The van der Waals surface area contributed by atoms with Gasteiger partial charge in [0.05, 0.1) is 18.7 Å². The van der Waals surface area contributed by atoms with Crippen LogP contribution in [0.3, 0.4) is 0 Å². The summed E-state index contributed by atoms with van der Waals surface area (Å²) in [7, 11) is 5.13. The molecule has 0 bridgehead atoms. The summed E-state index contributed by atoms with van der Waals surface area (Å²) < 4.78 is 11.2. The van der Waals surface area contributed by atoms with Gasteiger partial charge in [0.15, 0.2) is 0 Å². The fraction of sp³-hybridized carbons (Fsp3) is 0.296. The van der Waals surface area contributed by atoms with Gasteiger partial charge in [-0.2, -0.15) is 0 Å². The van der Waals surface area contributed by atoms with E-state index in [-0.39, 0.29) is 17.7 Å². The fourth-order valence-corrected chi connectivity index (χ4v) is 4.82. The fourth-order valence-electron chi connectivity index (χ4n) is 3.84. The molecule has 35 heavy (non-hydrogen) atoms. The highest BCUT2D eigenvalue weighted by molar-refractivity contribution is 7.99. The third kappa shape index (κ3) is 6.14. The lowest BCUT2D eigenvalue weighted by Crippen LogP contribution is -2.32. The number of anilines is 1. The highest BCUT2D eigenvalue weighted by Gasteiger charge is 2.27. The molecule has 182 valence electrons. The Hall–Kier alpha value is -3.52. The third-order valence-corrected chi connectivity index (χ3v) is 6.93. The Labute approximate surface area is 209 Å². The molecule has 0 saturated carbocycles. The van der Waals surface area contributed by atoms with Gasteiger partial charge in [0.2, 0.25) is 11.8 Å². The molecular weight excluding hydrogens is 462 g/mol. The number of aromatic nitrogens is 1. The number of carbonyl (C=O) groups is 2. The van der Waals surface area contributed by atoms with Crippen LogP contribution < -0.4 is 14.8 Å². The molecule has 1 N–H and O–H groups in total. The number of hydrogen-bond acceptors (Lipinski definition) is 6. The zero-order valence-electron chi connectivity index (χ0n) is 20.1. The highest BCUT2D eigenvalue weighted by atomic mass is 32.2. The molecule has 1 aliphatic heterocycles. The van der Waals surface area contributed by atoms with E-state index in [1.807, 2.05) is 48.5 Å². The number of amides is 2. The summed E-state index contributed by atoms with van der Waals surface area (Å²) in [6.07, 6.45) is 4.50. The van der Waals surface area contributed by atoms with Crippen molar-refractivity contribution in [2.75, 3.05) is 38.9 Å². The maximum Gasteiger partial charge on any atom is 0.231 e. The van der Waals surface area contributed by atoms with E-state index in [1.165, 1.54) is 0 Å². The minimum Gasteiger partial charge on any atom is -0.497 e. The number of rotatable bonds is 8. The van der Waals surface area contributed by atoms with Gasteiger partial charge in [-0.15, -0.1) is 11.8 Å². The number of nitrogens with zero attached hydrogens (tertiary/aromatic N) is 2. The number of benzene rings is 2. The lowest BCUT2D eigenvalue weighted by molar-refractivity contribution is -0.128. The average Bonchev–Trinajstić information content (AvgIpc) is 2.89. The smallest absolute Gasteiger partial charge is 0.231 e. The first-order chi connectivity index (χ1) is 16.9. The van der Waals surface area contributed by atoms with Gasteiger partial charge in [-0.3, -0.25) is 14.6 Å². The molecule has 1 aliphatic rings. The molecule has 4 rings (SSSR count). The van der Waals surface area contributed by atoms with Gasteiger partial charge in [0, 0.05) is 43.6 Å². The number of nitrogens with one attached hydrogen (secondary N) is 1. The SMILES string of the molecule is COc1ccc2c(c1)C[C@@H](C(=O)Nc1ccc(-c3ccncc3)cc1SCCC(=O)N(C)C)CO2. The Bertz CT molecular complexity index is 1200. The number of pyridine rings is 1. The molecule has 8 heteroatoms. The average molecular weight is 492 g/mol. The van der Waals surface area contributed by atoms with Crippen molar-refractivity contribution in [2.45, 2.75) is 17.7 Å². The summed E-state index contributed by atoms with van der Waals surface area (Å²) in [4.78, 5) is 31.9. The number of methoxy groups -OCH3 is 1. The molecule has 2 aromatic carbocycles. The first-order valence-corrected chi connectivity index (χ1v) is 12.4. The van der Waals surface area contributed by atoms with Gasteiger partial charge in [-0.05, 0) is 65.6 Å². The predicted octanol–water partition coefficient (Wildman–Crippen LogP) is 4.52. The van der Waals surface area contributed by atoms with Gasteiger partial charge < -0.3 is 19.7 Å². The molecule has 0 saturated heterocycles. The summed E-state index contributed by atoms with van der Waals surface area (Å²) in [5.74, 6) is 1.80. The monoisotopic (exact) mass is 491 g/mol. The van der Waals surface area contributed by atoms with E-state index in [4.69, 9.17) is 9.47 Å². The molecule has 0 radical (unpaired) electrons. The largest absolute Gasteiger partial charge is 0.497 e. The number of thioether (sulfide) groups is 1. The summed E-state index contributed by atoms with van der Waals surface area (Å²) in [5.41, 5.74) is 3.75. The summed E-state index contributed by atoms with van der Waals surface area (Å²) in [6.45, 7) is 0.320. The number of carbonyl (C=O) groups excluding carboxylic acids is 2. The molecule has 2 heterocycles. The normalized spacial score (nSPS) is 14.4. The Morgan fingerprint density at radius 2 is 1.91 bits per heavy atom. The number of hydrogen-bond donors (Lipinski definition) is 1. The third-order valence-electron chi connectivity index (χ3n) is 5.87. The highest BCUT2D eigenvalue weighted by Crippen LogP contribution is 2.35. The maximum absolute atomic E-state index is 13.2. The lowest BCUT2D eigenvalue weighted by Gasteiger charge is -2.25. The van der Waals surface area contributed by atoms with E-state index >= 15 is 0 Å². The van der Waals surface area contributed by atoms with Crippen molar-refractivity contribution in [3.63, 3.8) is 0 Å². The van der Waals surface area contributed by atoms with E-state index < -0.39 is 0 Å². The maximum atomic E-state index is 13.2. The Balaban J connectivity index is 1.52. The van der Waals surface area contributed by atoms with Crippen LogP contribution in [0.5, 0.6) is 11.5 Å². The van der Waals surface area contributed by atoms with Crippen molar-refractivity contribution in [2.24, 2.45) is 5.92 Å². The van der Waals surface area contributed by atoms with Gasteiger partial charge in [0.1, 0.15) is 18.1 Å². The molecule has 2 amide bonds. The molecule has 3 aromatic rings. The van der Waals surface area contributed by atoms with Gasteiger partial charge in [-0.25, -0.2) is 0 Å². The van der Waals surface area contributed by atoms with Crippen LogP contribution in [0.1, 0.15) is 12.0 Å². The van der Waals surface area contributed by atoms with Crippen LogP contribution in [0, 0.1) is 5.92 Å². The minimum absolute atomic E-state index is 0.0711. The second-order valence-corrected chi connectivity index (χ2v) is 9.65. The van der Waals surface area contributed by atoms with Crippen molar-refractivity contribution in [3.05, 3.63) is 66.5 Å². The Morgan fingerprint density at radius 1 is 1.11 bits per heavy atom. The molecule has 0 fully saturated rings. The molecular formula is C27H29N3O4S. The van der Waals surface area contributed by atoms with Crippen molar-refractivity contribution in [1.29, 1.82) is 0 Å². The first kappa shape index (κ1) is 24.6. The van der Waals surface area contributed by atoms with Crippen LogP contribution in [0.15, 0.2) is 65.8 Å². The second-order valence-electron chi connectivity index (χ2n) is 8.51. The Morgan fingerprint density at radius 3 is 2.66 bits per heavy atom. The van der Waals surface area contributed by atoms with Gasteiger partial charge in [-0.1, -0.05) is 6.07 Å². The van der Waals surface area contributed by atoms with Gasteiger partial charge >= 0.3 is 0 Å². The summed E-state index contributed by atoms with van der Waals surface area (Å²) in [6, 6.07) is 15.5. The quantitative estimate of drug-likeness (QED) is 0.467. The predicted molar refractivity (Wildman–Crippen MR) is 138 cm³/mol. The zero-order valence-corrected chi connectivity index (χ0v) is 20.9. The molecule has 0 aliphatic carbocycles. The van der Waals surface area contributed by atoms with Crippen LogP contribution in [0.25, 0.3) is 11.1 Å². The first-order valence-electron chi connectivity index (χ1n) is 11.4. The standard InChI is InChI=1S/C27H29N3O4S/c1-30(2)26(31)10-13-35-25-16-19(18-8-11-28-12-9-18)4-6-23(25)29-27(32)21-14-20-15-22(33-3)5-7-24(20)34-17-21/h4-9,11-12,15-16,21H,10,13-14,17H2,1-3H3,(H,29,32)/t21-/m1/s1. The van der Waals surface area contributed by atoms with Crippen LogP contribution in [0.2, 0.25) is 0 Å². The van der Waals surface area contributed by atoms with Gasteiger partial charge in [0.25, 0.3) is 0 Å². The topological polar surface area (TPSA) is 80.8 Å². The van der Waals surface area contributed by atoms with Crippen molar-refractivity contribution in [3.8, 4) is 22.6 Å². The number of ether oxygens (including phenoxy) is 2. The van der Waals surface area contributed by atoms with Crippen molar-refractivity contribution in [1.82, 2.24) is 9.88 Å². The van der Waals surface area contributed by atoms with Crippen molar-refractivity contribution < 1.29 is 19.1 Å². The summed E-state index contributed by atoms with van der Waals surface area (Å²) in [5, 5.41) is 3.10. The van der Waals surface area contributed by atoms with E-state index in [0.29, 0.717) is 25.2 Å². The molecule has 7 nitrogen and oxygen atoms in total. The van der Waals surface area contributed by atoms with Crippen LogP contribution in [-0.4, -0.2) is 55.3 Å². The minimum atomic E-state index is -0.317. The molecule has 0 spiro atoms. The Kier molecular flexibility index (Phi) is 7.92. The lowest BCUT2D eigenvalue weighted by atomic mass is 9.95. The van der Waals surface area contributed by atoms with E-state index in [1.54, 1.807) is 50.3 Å².